The van der Waals surface area contributed by atoms with Crippen molar-refractivity contribution in [3.05, 3.63) is 109 Å². The van der Waals surface area contributed by atoms with Gasteiger partial charge in [-0.05, 0) is 41.5 Å². The van der Waals surface area contributed by atoms with Gasteiger partial charge in [-0.1, -0.05) is 78.9 Å². The van der Waals surface area contributed by atoms with Crippen molar-refractivity contribution in [3.8, 4) is 33.6 Å². The Bertz CT molecular complexity index is 1300. The Kier molecular flexibility index (Phi) is 4.38. The molecule has 0 amide bonds. The molecule has 5 aromatic rings. The van der Waals surface area contributed by atoms with E-state index in [0.29, 0.717) is 0 Å². The molecule has 0 aliphatic carbocycles. The number of hydrogen-bond acceptors (Lipinski definition) is 2. The lowest BCUT2D eigenvalue weighted by molar-refractivity contribution is 1.19. The summed E-state index contributed by atoms with van der Waals surface area (Å²) < 4.78 is 0. The van der Waals surface area contributed by atoms with E-state index in [-0.39, 0.29) is 0 Å². The number of fused-ring (bicyclic) bond motifs is 1. The fourth-order valence-corrected chi connectivity index (χ4v) is 3.78. The molecule has 0 fully saturated rings. The number of benzene rings is 3. The van der Waals surface area contributed by atoms with Crippen molar-refractivity contribution in [1.29, 1.82) is 0 Å². The van der Waals surface area contributed by atoms with Gasteiger partial charge in [-0.3, -0.25) is 4.98 Å². The maximum atomic E-state index is 4.99. The van der Waals surface area contributed by atoms with E-state index >= 15 is 0 Å². The molecule has 0 spiro atoms. The molecular weight excluding hydrogens is 352 g/mol. The van der Waals surface area contributed by atoms with Crippen LogP contribution in [0.15, 0.2) is 103 Å². The van der Waals surface area contributed by atoms with Crippen LogP contribution in [0.5, 0.6) is 0 Å². The van der Waals surface area contributed by atoms with Gasteiger partial charge in [-0.2, -0.15) is 0 Å². The lowest BCUT2D eigenvalue weighted by Gasteiger charge is -2.10. The zero-order valence-electron chi connectivity index (χ0n) is 16.2. The summed E-state index contributed by atoms with van der Waals surface area (Å²) in [5.41, 5.74) is 7.40. The zero-order chi connectivity index (χ0) is 19.6. The first kappa shape index (κ1) is 17.3. The normalized spacial score (nSPS) is 10.9. The monoisotopic (exact) mass is 372 g/mol. The minimum atomic E-state index is 0.931. The smallest absolute Gasteiger partial charge is 0.0725 e. The van der Waals surface area contributed by atoms with E-state index in [1.807, 2.05) is 19.2 Å². The van der Waals surface area contributed by atoms with Crippen LogP contribution in [-0.2, 0) is 0 Å². The van der Waals surface area contributed by atoms with Crippen molar-refractivity contribution in [3.63, 3.8) is 0 Å². The van der Waals surface area contributed by atoms with Crippen molar-refractivity contribution in [1.82, 2.24) is 9.97 Å². The fraction of sp³-hybridized carbons (Fsp3) is 0.0370. The van der Waals surface area contributed by atoms with Crippen LogP contribution < -0.4 is 0 Å². The van der Waals surface area contributed by atoms with E-state index < -0.39 is 0 Å². The van der Waals surface area contributed by atoms with Crippen molar-refractivity contribution < 1.29 is 0 Å². The molecule has 0 N–H and O–H groups in total. The van der Waals surface area contributed by atoms with Crippen LogP contribution in [0.3, 0.4) is 0 Å². The molecule has 0 aliphatic rings. The first-order valence-corrected chi connectivity index (χ1v) is 9.77. The summed E-state index contributed by atoms with van der Waals surface area (Å²) >= 11 is 0. The highest BCUT2D eigenvalue weighted by molar-refractivity contribution is 5.96. The molecule has 2 heterocycles. The molecule has 5 rings (SSSR count). The second-order valence-electron chi connectivity index (χ2n) is 7.16. The topological polar surface area (TPSA) is 25.8 Å². The molecule has 2 aromatic heterocycles. The van der Waals surface area contributed by atoms with Gasteiger partial charge in [0.05, 0.1) is 11.4 Å². The lowest BCUT2D eigenvalue weighted by Crippen LogP contribution is -1.93. The maximum absolute atomic E-state index is 4.99. The zero-order valence-corrected chi connectivity index (χ0v) is 16.2. The first-order valence-electron chi connectivity index (χ1n) is 9.77. The molecule has 138 valence electrons. The van der Waals surface area contributed by atoms with Gasteiger partial charge >= 0.3 is 0 Å². The molecule has 0 saturated heterocycles. The minimum absolute atomic E-state index is 0.931. The highest BCUT2D eigenvalue weighted by atomic mass is 14.7. The molecule has 3 aromatic carbocycles. The van der Waals surface area contributed by atoms with Crippen LogP contribution in [0.1, 0.15) is 5.69 Å². The number of aryl methyl sites for hydroxylation is 1. The van der Waals surface area contributed by atoms with E-state index in [9.17, 15) is 0 Å². The Labute approximate surface area is 170 Å². The van der Waals surface area contributed by atoms with E-state index in [1.54, 1.807) is 0 Å². The number of aromatic nitrogens is 2. The Morgan fingerprint density at radius 1 is 0.586 bits per heavy atom. The molecule has 0 aliphatic heterocycles. The van der Waals surface area contributed by atoms with E-state index in [2.05, 4.69) is 96.0 Å². The molecule has 0 atom stereocenters. The number of hydrogen-bond donors (Lipinski definition) is 0. The average molecular weight is 372 g/mol. The van der Waals surface area contributed by atoms with Gasteiger partial charge in [0, 0.05) is 28.6 Å². The fourth-order valence-electron chi connectivity index (χ4n) is 3.78. The third kappa shape index (κ3) is 3.30. The van der Waals surface area contributed by atoms with Crippen molar-refractivity contribution in [2.75, 3.05) is 0 Å². The summed E-state index contributed by atoms with van der Waals surface area (Å²) in [4.78, 5) is 9.63. The predicted octanol–water partition coefficient (Wildman–Crippen LogP) is 6.94. The van der Waals surface area contributed by atoms with Gasteiger partial charge in [0.2, 0.25) is 0 Å². The summed E-state index contributed by atoms with van der Waals surface area (Å²) in [5.74, 6) is 0. The number of rotatable bonds is 3. The molecular formula is C27H20N2. The number of pyridine rings is 2. The highest BCUT2D eigenvalue weighted by Gasteiger charge is 2.10. The minimum Gasteiger partial charge on any atom is -0.260 e. The second-order valence-corrected chi connectivity index (χ2v) is 7.16. The quantitative estimate of drug-likeness (QED) is 0.343. The Balaban J connectivity index is 1.62. The largest absolute Gasteiger partial charge is 0.260 e. The van der Waals surface area contributed by atoms with Gasteiger partial charge in [-0.25, -0.2) is 4.98 Å². The lowest BCUT2D eigenvalue weighted by atomic mass is 10.00. The molecule has 29 heavy (non-hydrogen) atoms. The summed E-state index contributed by atoms with van der Waals surface area (Å²) in [6.45, 7) is 2.05. The summed E-state index contributed by atoms with van der Waals surface area (Å²) in [5, 5.41) is 2.44. The summed E-state index contributed by atoms with van der Waals surface area (Å²) in [6.07, 6.45) is 1.91. The van der Waals surface area contributed by atoms with Gasteiger partial charge < -0.3 is 0 Å². The molecule has 2 heteroatoms. The summed E-state index contributed by atoms with van der Waals surface area (Å²) in [7, 11) is 0. The molecule has 0 bridgehead atoms. The Morgan fingerprint density at radius 2 is 1.31 bits per heavy atom. The van der Waals surface area contributed by atoms with Gasteiger partial charge in [0.25, 0.3) is 0 Å². The third-order valence-corrected chi connectivity index (χ3v) is 5.28. The van der Waals surface area contributed by atoms with Crippen LogP contribution in [-0.4, -0.2) is 9.97 Å². The first-order chi connectivity index (χ1) is 14.3. The summed E-state index contributed by atoms with van der Waals surface area (Å²) in [6, 6.07) is 33.6. The highest BCUT2D eigenvalue weighted by Crippen LogP contribution is 2.31. The number of nitrogens with zero attached hydrogens (tertiary/aromatic N) is 2. The van der Waals surface area contributed by atoms with Crippen LogP contribution in [0.4, 0.5) is 0 Å². The van der Waals surface area contributed by atoms with Crippen LogP contribution in [0.2, 0.25) is 0 Å². The van der Waals surface area contributed by atoms with E-state index in [4.69, 9.17) is 4.98 Å². The standard InChI is InChI=1S/C27H20N2/c1-19-25(21-9-3-2-4-10-21)17-22(18-28-19)26-15-8-16-27(29-26)24-14-7-12-20-11-5-6-13-23(20)24/h2-18H,1H3. The van der Waals surface area contributed by atoms with Crippen molar-refractivity contribution >= 4 is 10.8 Å². The molecule has 2 nitrogen and oxygen atoms in total. The predicted molar refractivity (Wildman–Crippen MR) is 121 cm³/mol. The van der Waals surface area contributed by atoms with Crippen LogP contribution in [0.25, 0.3) is 44.4 Å². The third-order valence-electron chi connectivity index (χ3n) is 5.28. The SMILES string of the molecule is Cc1ncc(-c2cccc(-c3cccc4ccccc34)n2)cc1-c1ccccc1. The molecule has 0 radical (unpaired) electrons. The molecule has 0 unspecified atom stereocenters. The average Bonchev–Trinajstić information content (AvgIpc) is 2.80. The van der Waals surface area contributed by atoms with Crippen molar-refractivity contribution in [2.24, 2.45) is 0 Å². The van der Waals surface area contributed by atoms with Gasteiger partial charge in [0.1, 0.15) is 0 Å². The van der Waals surface area contributed by atoms with E-state index in [1.165, 1.54) is 16.3 Å². The maximum Gasteiger partial charge on any atom is 0.0725 e. The second kappa shape index (κ2) is 7.33. The van der Waals surface area contributed by atoms with Crippen LogP contribution in [0, 0.1) is 6.92 Å². The van der Waals surface area contributed by atoms with Gasteiger partial charge in [-0.15, -0.1) is 0 Å². The Hall–Kier alpha value is -3.78. The van der Waals surface area contributed by atoms with Crippen LogP contribution >= 0.6 is 0 Å². The Morgan fingerprint density at radius 3 is 2.21 bits per heavy atom. The molecule has 0 saturated carbocycles. The van der Waals surface area contributed by atoms with Crippen molar-refractivity contribution in [2.45, 2.75) is 6.92 Å². The van der Waals surface area contributed by atoms with E-state index in [0.717, 1.165) is 33.8 Å². The van der Waals surface area contributed by atoms with Gasteiger partial charge in [0.15, 0.2) is 0 Å².